The third-order valence-corrected chi connectivity index (χ3v) is 4.85. The number of amides is 1. The number of nitrogens with one attached hydrogen (secondary N) is 1. The molecule has 28 heavy (non-hydrogen) atoms. The lowest BCUT2D eigenvalue weighted by Gasteiger charge is -2.39. The van der Waals surface area contributed by atoms with Crippen molar-refractivity contribution in [2.75, 3.05) is 7.11 Å². The lowest BCUT2D eigenvalue weighted by molar-refractivity contribution is -0.123. The molecule has 0 saturated heterocycles. The van der Waals surface area contributed by atoms with Gasteiger partial charge >= 0.3 is 5.97 Å². The Hall–Kier alpha value is -3.60. The second kappa shape index (κ2) is 7.56. The number of nitrogens with zero attached hydrogens (tertiary/aromatic N) is 2. The number of Topliss-reactive ketones (excluding diaryl/α,β-unsaturated/α-hetero) is 1. The molecular formula is C20H20N4O4. The van der Waals surface area contributed by atoms with E-state index in [0.29, 0.717) is 41.7 Å². The molecule has 8 nitrogen and oxygen atoms in total. The van der Waals surface area contributed by atoms with Crippen molar-refractivity contribution in [3.63, 3.8) is 0 Å². The van der Waals surface area contributed by atoms with Crippen molar-refractivity contribution in [1.29, 1.82) is 5.26 Å². The lowest BCUT2D eigenvalue weighted by atomic mass is 9.76. The van der Waals surface area contributed by atoms with Gasteiger partial charge in [-0.3, -0.25) is 15.0 Å². The molecule has 2 aliphatic rings. The van der Waals surface area contributed by atoms with Crippen LogP contribution in [0.25, 0.3) is 0 Å². The van der Waals surface area contributed by atoms with Gasteiger partial charge in [-0.25, -0.2) is 9.80 Å². The molecule has 144 valence electrons. The van der Waals surface area contributed by atoms with E-state index in [1.165, 1.54) is 19.0 Å². The molecule has 1 aliphatic heterocycles. The summed E-state index contributed by atoms with van der Waals surface area (Å²) < 4.78 is 4.70. The molecule has 1 aromatic carbocycles. The molecular weight excluding hydrogens is 360 g/mol. The molecule has 0 saturated carbocycles. The molecule has 8 heteroatoms. The number of allylic oxidation sites excluding steroid dienone is 3. The normalized spacial score (nSPS) is 19.1. The number of rotatable bonds is 3. The van der Waals surface area contributed by atoms with Crippen LogP contribution in [0.15, 0.2) is 46.9 Å². The Bertz CT molecular complexity index is 953. The highest BCUT2D eigenvalue weighted by atomic mass is 16.5. The summed E-state index contributed by atoms with van der Waals surface area (Å²) in [5.74, 6) is -1.47. The number of carbonyl (C=O) groups excluding carboxylic acids is 3. The summed E-state index contributed by atoms with van der Waals surface area (Å²) in [6, 6.07) is 8.62. The lowest BCUT2D eigenvalue weighted by Crippen LogP contribution is -2.47. The number of ketones is 1. The molecule has 3 rings (SSSR count). The fourth-order valence-corrected chi connectivity index (χ4v) is 3.63. The van der Waals surface area contributed by atoms with E-state index in [1.54, 1.807) is 24.3 Å². The van der Waals surface area contributed by atoms with Gasteiger partial charge in [0.05, 0.1) is 30.2 Å². The second-order valence-electron chi connectivity index (χ2n) is 6.60. The van der Waals surface area contributed by atoms with Crippen molar-refractivity contribution < 1.29 is 19.1 Å². The molecule has 1 amide bonds. The maximum atomic E-state index is 12.8. The highest BCUT2D eigenvalue weighted by Gasteiger charge is 2.40. The van der Waals surface area contributed by atoms with Crippen LogP contribution in [0.5, 0.6) is 0 Å². The second-order valence-corrected chi connectivity index (χ2v) is 6.60. The Morgan fingerprint density at radius 2 is 1.96 bits per heavy atom. The summed E-state index contributed by atoms with van der Waals surface area (Å²) in [7, 11) is 1.29. The van der Waals surface area contributed by atoms with Crippen LogP contribution in [0.4, 0.5) is 0 Å². The summed E-state index contributed by atoms with van der Waals surface area (Å²) in [5, 5.41) is 11.1. The molecule has 1 heterocycles. The Morgan fingerprint density at radius 1 is 1.29 bits per heavy atom. The van der Waals surface area contributed by atoms with Gasteiger partial charge in [-0.15, -0.1) is 0 Å². The molecule has 1 atom stereocenters. The molecule has 0 bridgehead atoms. The van der Waals surface area contributed by atoms with Crippen LogP contribution in [0, 0.1) is 11.3 Å². The van der Waals surface area contributed by atoms with Crippen LogP contribution < -0.4 is 11.2 Å². The van der Waals surface area contributed by atoms with E-state index in [9.17, 15) is 19.6 Å². The first-order valence-electron chi connectivity index (χ1n) is 8.80. The molecule has 0 aromatic heterocycles. The zero-order chi connectivity index (χ0) is 20.4. The van der Waals surface area contributed by atoms with E-state index < -0.39 is 11.9 Å². The average molecular weight is 380 g/mol. The van der Waals surface area contributed by atoms with Crippen molar-refractivity contribution in [2.45, 2.75) is 32.1 Å². The minimum absolute atomic E-state index is 0.0844. The number of hydrogen-bond acceptors (Lipinski definition) is 7. The largest absolute Gasteiger partial charge is 0.465 e. The highest BCUT2D eigenvalue weighted by molar-refractivity contribution is 6.00. The minimum Gasteiger partial charge on any atom is -0.465 e. The number of hydrazine groups is 1. The number of nitriles is 1. The zero-order valence-electron chi connectivity index (χ0n) is 15.6. The number of nitrogens with two attached hydrogens (primary N) is 1. The first kappa shape index (κ1) is 19.2. The van der Waals surface area contributed by atoms with Gasteiger partial charge < -0.3 is 10.5 Å². The molecule has 1 unspecified atom stereocenters. The first-order chi connectivity index (χ1) is 13.4. The Balaban J connectivity index is 2.15. The Labute approximate surface area is 162 Å². The number of methoxy groups -OCH3 is 1. The average Bonchev–Trinajstić information content (AvgIpc) is 2.69. The van der Waals surface area contributed by atoms with E-state index in [-0.39, 0.29) is 23.1 Å². The smallest absolute Gasteiger partial charge is 0.337 e. The van der Waals surface area contributed by atoms with E-state index in [2.05, 4.69) is 11.5 Å². The third kappa shape index (κ3) is 3.22. The maximum absolute atomic E-state index is 12.8. The Kier molecular flexibility index (Phi) is 5.18. The van der Waals surface area contributed by atoms with Crippen molar-refractivity contribution in [3.8, 4) is 6.07 Å². The quantitative estimate of drug-likeness (QED) is 0.763. The summed E-state index contributed by atoms with van der Waals surface area (Å²) in [4.78, 5) is 36.1. The van der Waals surface area contributed by atoms with Crippen LogP contribution in [-0.2, 0) is 14.3 Å². The van der Waals surface area contributed by atoms with Gasteiger partial charge in [0.2, 0.25) is 5.91 Å². The summed E-state index contributed by atoms with van der Waals surface area (Å²) >= 11 is 0. The van der Waals surface area contributed by atoms with Crippen molar-refractivity contribution in [1.82, 2.24) is 10.4 Å². The van der Waals surface area contributed by atoms with Crippen molar-refractivity contribution >= 4 is 17.7 Å². The van der Waals surface area contributed by atoms with Gasteiger partial charge in [-0.1, -0.05) is 12.1 Å². The molecule has 0 spiro atoms. The summed E-state index contributed by atoms with van der Waals surface area (Å²) in [6.07, 6.45) is 1.55. The standard InChI is InChI=1S/C20H20N4O4/c1-11(25)23-24-15-4-3-5-16(26)18(15)17(14(10-21)19(24)22)12-6-8-13(9-7-12)20(27)28-2/h6-9,17H,3-5,22H2,1-2H3,(H,23,25). The van der Waals surface area contributed by atoms with Crippen LogP contribution in [0.1, 0.15) is 48.0 Å². The van der Waals surface area contributed by atoms with Crippen LogP contribution in [0.2, 0.25) is 0 Å². The fraction of sp³-hybridized carbons (Fsp3) is 0.300. The van der Waals surface area contributed by atoms with Gasteiger partial charge in [0.1, 0.15) is 5.82 Å². The van der Waals surface area contributed by atoms with E-state index in [4.69, 9.17) is 10.5 Å². The number of hydrogen-bond donors (Lipinski definition) is 2. The van der Waals surface area contributed by atoms with Crippen LogP contribution >= 0.6 is 0 Å². The SMILES string of the molecule is COC(=O)c1ccc(C2C(C#N)=C(N)N(NC(C)=O)C3=C2C(=O)CCC3)cc1. The summed E-state index contributed by atoms with van der Waals surface area (Å²) in [5.41, 5.74) is 11.1. The number of ether oxygens (including phenoxy) is 1. The minimum atomic E-state index is -0.649. The molecule has 3 N–H and O–H groups in total. The van der Waals surface area contributed by atoms with Crippen LogP contribution in [0.3, 0.4) is 0 Å². The van der Waals surface area contributed by atoms with Gasteiger partial charge in [0, 0.05) is 24.6 Å². The molecule has 0 radical (unpaired) electrons. The van der Waals surface area contributed by atoms with Gasteiger partial charge in [-0.2, -0.15) is 5.26 Å². The first-order valence-corrected chi connectivity index (χ1v) is 8.80. The number of esters is 1. The third-order valence-electron chi connectivity index (χ3n) is 4.85. The number of benzene rings is 1. The fourth-order valence-electron chi connectivity index (χ4n) is 3.63. The van der Waals surface area contributed by atoms with Crippen LogP contribution in [-0.4, -0.2) is 29.8 Å². The zero-order valence-corrected chi connectivity index (χ0v) is 15.6. The van der Waals surface area contributed by atoms with E-state index in [1.807, 2.05) is 0 Å². The van der Waals surface area contributed by atoms with E-state index in [0.717, 1.165) is 0 Å². The predicted molar refractivity (Wildman–Crippen MR) is 98.9 cm³/mol. The molecule has 0 fully saturated rings. The predicted octanol–water partition coefficient (Wildman–Crippen LogP) is 1.62. The van der Waals surface area contributed by atoms with Gasteiger partial charge in [0.15, 0.2) is 5.78 Å². The van der Waals surface area contributed by atoms with Gasteiger partial charge in [-0.05, 0) is 30.5 Å². The molecule has 1 aromatic rings. The topological polar surface area (TPSA) is 126 Å². The summed E-state index contributed by atoms with van der Waals surface area (Å²) in [6.45, 7) is 1.34. The molecule has 1 aliphatic carbocycles. The highest BCUT2D eigenvalue weighted by Crippen LogP contribution is 2.44. The Morgan fingerprint density at radius 3 is 2.54 bits per heavy atom. The van der Waals surface area contributed by atoms with Crippen molar-refractivity contribution in [3.05, 3.63) is 58.1 Å². The van der Waals surface area contributed by atoms with E-state index >= 15 is 0 Å². The van der Waals surface area contributed by atoms with Crippen molar-refractivity contribution in [2.24, 2.45) is 5.73 Å². The van der Waals surface area contributed by atoms with Gasteiger partial charge in [0.25, 0.3) is 0 Å². The maximum Gasteiger partial charge on any atom is 0.337 e. The number of carbonyl (C=O) groups is 3. The monoisotopic (exact) mass is 380 g/mol.